The average Bonchev–Trinajstić information content (AvgIpc) is 2.71. The first-order valence-corrected chi connectivity index (χ1v) is 9.51. The normalized spacial score (nSPS) is 15.9. The molecule has 1 aliphatic rings. The summed E-state index contributed by atoms with van der Waals surface area (Å²) in [6.45, 7) is 5.27. The molecule has 162 valence electrons. The van der Waals surface area contributed by atoms with Crippen molar-refractivity contribution < 1.29 is 28.7 Å². The van der Waals surface area contributed by atoms with E-state index in [4.69, 9.17) is 9.47 Å². The molecule has 0 saturated heterocycles. The maximum absolute atomic E-state index is 12.5. The molecule has 2 rings (SSSR count). The van der Waals surface area contributed by atoms with E-state index in [0.717, 1.165) is 0 Å². The van der Waals surface area contributed by atoms with Crippen LogP contribution in [0.25, 0.3) is 0 Å². The van der Waals surface area contributed by atoms with Crippen LogP contribution in [0.15, 0.2) is 35.5 Å². The van der Waals surface area contributed by atoms with Gasteiger partial charge >= 0.3 is 24.0 Å². The third-order valence-electron chi connectivity index (χ3n) is 4.45. The molecule has 1 atom stereocenters. The van der Waals surface area contributed by atoms with Gasteiger partial charge in [-0.25, -0.2) is 14.4 Å². The Kier molecular flexibility index (Phi) is 7.79. The van der Waals surface area contributed by atoms with Gasteiger partial charge in [0.25, 0.3) is 0 Å². The number of nitrogens with one attached hydrogen (secondary N) is 3. The van der Waals surface area contributed by atoms with Gasteiger partial charge in [0.05, 0.1) is 24.8 Å². The number of benzene rings is 1. The molecule has 0 unspecified atom stereocenters. The lowest BCUT2D eigenvalue weighted by atomic mass is 9.95. The zero-order valence-electron chi connectivity index (χ0n) is 17.4. The van der Waals surface area contributed by atoms with E-state index in [2.05, 4.69) is 16.0 Å². The lowest BCUT2D eigenvalue weighted by Gasteiger charge is -2.33. The summed E-state index contributed by atoms with van der Waals surface area (Å²) in [5, 5.41) is 7.77. The SMILES string of the molecule is CCOC(=O)CNC(=O)Nc1ccc([C@@H]2NC(=O)N(C)C(C)=C2C(=O)OCC)cc1. The first-order valence-electron chi connectivity index (χ1n) is 9.51. The molecular formula is C20H26N4O6. The van der Waals surface area contributed by atoms with Crippen LogP contribution in [0, 0.1) is 0 Å². The van der Waals surface area contributed by atoms with E-state index in [1.807, 2.05) is 0 Å². The summed E-state index contributed by atoms with van der Waals surface area (Å²) in [5.74, 6) is -1.04. The lowest BCUT2D eigenvalue weighted by molar-refractivity contribution is -0.142. The number of carbonyl (C=O) groups excluding carboxylic acids is 4. The van der Waals surface area contributed by atoms with E-state index in [1.165, 1.54) is 4.90 Å². The maximum Gasteiger partial charge on any atom is 0.338 e. The zero-order chi connectivity index (χ0) is 22.3. The van der Waals surface area contributed by atoms with Gasteiger partial charge < -0.3 is 30.3 Å². The highest BCUT2D eigenvalue weighted by Gasteiger charge is 2.34. The monoisotopic (exact) mass is 418 g/mol. The van der Waals surface area contributed by atoms with E-state index < -0.39 is 24.0 Å². The molecule has 30 heavy (non-hydrogen) atoms. The van der Waals surface area contributed by atoms with Crippen molar-refractivity contribution in [2.45, 2.75) is 26.8 Å². The van der Waals surface area contributed by atoms with Crippen molar-refractivity contribution in [2.24, 2.45) is 0 Å². The van der Waals surface area contributed by atoms with E-state index >= 15 is 0 Å². The number of nitrogens with zero attached hydrogens (tertiary/aromatic N) is 1. The van der Waals surface area contributed by atoms with Crippen LogP contribution in [0.1, 0.15) is 32.4 Å². The van der Waals surface area contributed by atoms with E-state index in [9.17, 15) is 19.2 Å². The van der Waals surface area contributed by atoms with Crippen molar-refractivity contribution in [3.8, 4) is 0 Å². The van der Waals surface area contributed by atoms with Gasteiger partial charge in [-0.3, -0.25) is 4.79 Å². The summed E-state index contributed by atoms with van der Waals surface area (Å²) in [4.78, 5) is 49.2. The molecule has 0 aromatic heterocycles. The topological polar surface area (TPSA) is 126 Å². The summed E-state index contributed by atoms with van der Waals surface area (Å²) >= 11 is 0. The highest BCUT2D eigenvalue weighted by atomic mass is 16.5. The second-order valence-electron chi connectivity index (χ2n) is 6.40. The fraction of sp³-hybridized carbons (Fsp3) is 0.400. The molecule has 10 nitrogen and oxygen atoms in total. The number of esters is 2. The van der Waals surface area contributed by atoms with Gasteiger partial charge in [0.15, 0.2) is 0 Å². The largest absolute Gasteiger partial charge is 0.465 e. The molecule has 1 aromatic carbocycles. The molecule has 4 amide bonds. The molecule has 0 fully saturated rings. The number of amides is 4. The molecule has 3 N–H and O–H groups in total. The average molecular weight is 418 g/mol. The van der Waals surface area contributed by atoms with Crippen LogP contribution in [0.2, 0.25) is 0 Å². The second kappa shape index (κ2) is 10.3. The predicted molar refractivity (Wildman–Crippen MR) is 108 cm³/mol. The third kappa shape index (κ3) is 5.49. The number of hydrogen-bond acceptors (Lipinski definition) is 6. The van der Waals surface area contributed by atoms with Crippen molar-refractivity contribution in [3.05, 3.63) is 41.1 Å². The highest BCUT2D eigenvalue weighted by Crippen LogP contribution is 2.31. The molecule has 0 saturated carbocycles. The Bertz CT molecular complexity index is 849. The lowest BCUT2D eigenvalue weighted by Crippen LogP contribution is -2.46. The van der Waals surface area contributed by atoms with Crippen LogP contribution in [0.4, 0.5) is 15.3 Å². The van der Waals surface area contributed by atoms with Crippen LogP contribution in [-0.4, -0.2) is 55.7 Å². The van der Waals surface area contributed by atoms with Crippen LogP contribution in [0.3, 0.4) is 0 Å². The minimum absolute atomic E-state index is 0.212. The Morgan fingerprint density at radius 3 is 2.33 bits per heavy atom. The van der Waals surface area contributed by atoms with E-state index in [0.29, 0.717) is 22.5 Å². The van der Waals surface area contributed by atoms with Gasteiger partial charge in [-0.1, -0.05) is 12.1 Å². The Balaban J connectivity index is 2.13. The molecule has 1 aromatic rings. The number of urea groups is 2. The maximum atomic E-state index is 12.5. The third-order valence-corrected chi connectivity index (χ3v) is 4.45. The van der Waals surface area contributed by atoms with Crippen molar-refractivity contribution in [1.82, 2.24) is 15.5 Å². The van der Waals surface area contributed by atoms with Gasteiger partial charge in [-0.05, 0) is 38.5 Å². The Labute approximate surface area is 174 Å². The number of carbonyl (C=O) groups is 4. The molecule has 0 aliphatic carbocycles. The molecule has 0 radical (unpaired) electrons. The van der Waals surface area contributed by atoms with Gasteiger partial charge in [-0.2, -0.15) is 0 Å². The van der Waals surface area contributed by atoms with Gasteiger partial charge in [0, 0.05) is 18.4 Å². The van der Waals surface area contributed by atoms with Crippen LogP contribution >= 0.6 is 0 Å². The predicted octanol–water partition coefficient (Wildman–Crippen LogP) is 1.90. The highest BCUT2D eigenvalue weighted by molar-refractivity contribution is 5.95. The van der Waals surface area contributed by atoms with Crippen molar-refractivity contribution in [2.75, 3.05) is 32.1 Å². The summed E-state index contributed by atoms with van der Waals surface area (Å²) in [5.41, 5.74) is 1.96. The summed E-state index contributed by atoms with van der Waals surface area (Å²) in [7, 11) is 1.57. The van der Waals surface area contributed by atoms with E-state index in [-0.39, 0.29) is 25.8 Å². The number of ether oxygens (including phenoxy) is 2. The Morgan fingerprint density at radius 1 is 1.10 bits per heavy atom. The number of anilines is 1. The molecule has 0 spiro atoms. The standard InChI is InChI=1S/C20H26N4O6/c1-5-29-15(25)11-21-19(27)22-14-9-7-13(8-10-14)17-16(18(26)30-6-2)12(3)24(4)20(28)23-17/h7-10,17H,5-6,11H2,1-4H3,(H,23,28)(H2,21,22,27)/t17-/m0/s1. The smallest absolute Gasteiger partial charge is 0.338 e. The number of allylic oxidation sites excluding steroid dienone is 1. The van der Waals surface area contributed by atoms with Gasteiger partial charge in [-0.15, -0.1) is 0 Å². The van der Waals surface area contributed by atoms with Crippen molar-refractivity contribution >= 4 is 29.7 Å². The van der Waals surface area contributed by atoms with Crippen LogP contribution < -0.4 is 16.0 Å². The Hall–Kier alpha value is -3.56. The first kappa shape index (κ1) is 22.7. The van der Waals surface area contributed by atoms with Crippen LogP contribution in [0.5, 0.6) is 0 Å². The van der Waals surface area contributed by atoms with Crippen molar-refractivity contribution in [3.63, 3.8) is 0 Å². The van der Waals surface area contributed by atoms with Gasteiger partial charge in [0.2, 0.25) is 0 Å². The van der Waals surface area contributed by atoms with E-state index in [1.54, 1.807) is 52.1 Å². The molecule has 10 heteroatoms. The molecule has 1 heterocycles. The summed E-state index contributed by atoms with van der Waals surface area (Å²) < 4.78 is 9.88. The van der Waals surface area contributed by atoms with Crippen molar-refractivity contribution in [1.29, 1.82) is 0 Å². The molecule has 0 bridgehead atoms. The quantitative estimate of drug-likeness (QED) is 0.581. The van der Waals surface area contributed by atoms with Gasteiger partial charge in [0.1, 0.15) is 6.54 Å². The fourth-order valence-electron chi connectivity index (χ4n) is 2.86. The molecular weight excluding hydrogens is 392 g/mol. The molecule has 1 aliphatic heterocycles. The fourth-order valence-corrected chi connectivity index (χ4v) is 2.86. The first-order chi connectivity index (χ1) is 14.3. The zero-order valence-corrected chi connectivity index (χ0v) is 17.4. The Morgan fingerprint density at radius 2 is 1.73 bits per heavy atom. The minimum Gasteiger partial charge on any atom is -0.465 e. The summed E-state index contributed by atoms with van der Waals surface area (Å²) in [6, 6.07) is 5.04. The number of hydrogen-bond donors (Lipinski definition) is 3. The minimum atomic E-state index is -0.681. The second-order valence-corrected chi connectivity index (χ2v) is 6.40. The summed E-state index contributed by atoms with van der Waals surface area (Å²) in [6.07, 6.45) is 0. The number of rotatable bonds is 7. The van der Waals surface area contributed by atoms with Crippen LogP contribution in [-0.2, 0) is 19.1 Å².